The number of carbonyl (C=O) groups is 1. The van der Waals surface area contributed by atoms with Crippen molar-refractivity contribution in [3.05, 3.63) is 71.2 Å². The minimum absolute atomic E-state index is 0.0161. The molecule has 2 aromatic carbocycles. The minimum Gasteiger partial charge on any atom is -0.354 e. The van der Waals surface area contributed by atoms with Crippen LogP contribution in [0.2, 0.25) is 5.02 Å². The van der Waals surface area contributed by atoms with E-state index >= 15 is 0 Å². The van der Waals surface area contributed by atoms with Gasteiger partial charge in [0.2, 0.25) is 5.91 Å². The van der Waals surface area contributed by atoms with Crippen LogP contribution in [-0.2, 0) is 11.2 Å². The van der Waals surface area contributed by atoms with Crippen molar-refractivity contribution in [2.45, 2.75) is 25.7 Å². The van der Waals surface area contributed by atoms with Gasteiger partial charge in [-0.05, 0) is 61.6 Å². The molecular formula is C25H25ClN4O. The number of aryl methyl sites for hydroxylation is 1. The van der Waals surface area contributed by atoms with E-state index < -0.39 is 0 Å². The van der Waals surface area contributed by atoms with Crippen LogP contribution in [0.5, 0.6) is 0 Å². The molecule has 0 saturated carbocycles. The molecule has 1 amide bonds. The van der Waals surface area contributed by atoms with E-state index in [0.717, 1.165) is 61.5 Å². The highest BCUT2D eigenvalue weighted by atomic mass is 35.5. The van der Waals surface area contributed by atoms with Crippen LogP contribution in [0.4, 0.5) is 11.5 Å². The van der Waals surface area contributed by atoms with Gasteiger partial charge in [0.05, 0.1) is 11.6 Å². The molecular weight excluding hydrogens is 408 g/mol. The van der Waals surface area contributed by atoms with Gasteiger partial charge in [0.1, 0.15) is 0 Å². The molecule has 0 bridgehead atoms. The lowest BCUT2D eigenvalue weighted by molar-refractivity contribution is -0.122. The third-order valence-corrected chi connectivity index (χ3v) is 6.51. The fourth-order valence-electron chi connectivity index (χ4n) is 4.64. The first-order chi connectivity index (χ1) is 15.2. The predicted molar refractivity (Wildman–Crippen MR) is 125 cm³/mol. The van der Waals surface area contributed by atoms with E-state index in [9.17, 15) is 4.79 Å². The molecule has 0 N–H and O–H groups in total. The number of rotatable bonds is 3. The van der Waals surface area contributed by atoms with E-state index in [2.05, 4.69) is 33.3 Å². The van der Waals surface area contributed by atoms with Gasteiger partial charge < -0.3 is 9.80 Å². The molecule has 1 aromatic heterocycles. The molecule has 0 radical (unpaired) electrons. The summed E-state index contributed by atoms with van der Waals surface area (Å²) >= 11 is 5.98. The Morgan fingerprint density at radius 3 is 2.58 bits per heavy atom. The third-order valence-electron chi connectivity index (χ3n) is 6.26. The topological polar surface area (TPSA) is 49.3 Å². The molecule has 158 valence electrons. The number of hydrogen-bond donors (Lipinski definition) is 0. The van der Waals surface area contributed by atoms with Crippen LogP contribution in [0.15, 0.2) is 60.7 Å². The Hall–Kier alpha value is -2.92. The molecule has 3 heterocycles. The first-order valence-electron chi connectivity index (χ1n) is 10.9. The number of piperidine rings is 1. The molecule has 5 nitrogen and oxygen atoms in total. The van der Waals surface area contributed by atoms with Gasteiger partial charge in [-0.1, -0.05) is 41.9 Å². The van der Waals surface area contributed by atoms with Gasteiger partial charge in [-0.3, -0.25) is 4.79 Å². The van der Waals surface area contributed by atoms with Crippen molar-refractivity contribution < 1.29 is 4.79 Å². The van der Waals surface area contributed by atoms with E-state index in [0.29, 0.717) is 11.6 Å². The second-order valence-corrected chi connectivity index (χ2v) is 8.73. The lowest BCUT2D eigenvalue weighted by atomic mass is 9.94. The zero-order chi connectivity index (χ0) is 21.2. The summed E-state index contributed by atoms with van der Waals surface area (Å²) in [5.41, 5.74) is 4.16. The molecule has 1 atom stereocenters. The van der Waals surface area contributed by atoms with Gasteiger partial charge >= 0.3 is 0 Å². The number of fused-ring (bicyclic) bond motifs is 1. The molecule has 0 spiro atoms. The lowest BCUT2D eigenvalue weighted by Crippen LogP contribution is -2.46. The van der Waals surface area contributed by atoms with Gasteiger partial charge in [-0.2, -0.15) is 0 Å². The second-order valence-electron chi connectivity index (χ2n) is 8.29. The summed E-state index contributed by atoms with van der Waals surface area (Å²) in [5.74, 6) is 1.05. The molecule has 2 aliphatic heterocycles. The molecule has 1 saturated heterocycles. The number of carbonyl (C=O) groups excluding carboxylic acids is 1. The zero-order valence-corrected chi connectivity index (χ0v) is 18.1. The zero-order valence-electron chi connectivity index (χ0n) is 17.4. The smallest absolute Gasteiger partial charge is 0.231 e. The van der Waals surface area contributed by atoms with Crippen LogP contribution in [0.3, 0.4) is 0 Å². The van der Waals surface area contributed by atoms with Crippen molar-refractivity contribution >= 4 is 29.0 Å². The van der Waals surface area contributed by atoms with E-state index in [-0.39, 0.29) is 11.8 Å². The second kappa shape index (κ2) is 8.67. The number of hydrogen-bond acceptors (Lipinski definition) is 4. The first kappa shape index (κ1) is 20.0. The fourth-order valence-corrected chi connectivity index (χ4v) is 4.76. The molecule has 1 unspecified atom stereocenters. The Labute approximate surface area is 187 Å². The van der Waals surface area contributed by atoms with E-state index in [4.69, 9.17) is 11.6 Å². The number of amides is 1. The van der Waals surface area contributed by atoms with Crippen molar-refractivity contribution in [1.29, 1.82) is 0 Å². The largest absolute Gasteiger partial charge is 0.354 e. The third kappa shape index (κ3) is 4.15. The Bertz CT molecular complexity index is 1070. The Balaban J connectivity index is 1.30. The lowest BCUT2D eigenvalue weighted by Gasteiger charge is -2.37. The average Bonchev–Trinajstić information content (AvgIpc) is 2.84. The Kier molecular flexibility index (Phi) is 5.60. The Morgan fingerprint density at radius 1 is 0.935 bits per heavy atom. The van der Waals surface area contributed by atoms with E-state index in [1.165, 1.54) is 5.56 Å². The number of benzene rings is 2. The van der Waals surface area contributed by atoms with E-state index in [1.54, 1.807) is 0 Å². The summed E-state index contributed by atoms with van der Waals surface area (Å²) in [5, 5.41) is 9.58. The highest BCUT2D eigenvalue weighted by Gasteiger charge is 2.32. The summed E-state index contributed by atoms with van der Waals surface area (Å²) in [4.78, 5) is 17.6. The number of anilines is 2. The van der Waals surface area contributed by atoms with Crippen molar-refractivity contribution in [3.8, 4) is 11.3 Å². The first-order valence-corrected chi connectivity index (χ1v) is 11.3. The summed E-state index contributed by atoms with van der Waals surface area (Å²) in [6, 6.07) is 19.9. The summed E-state index contributed by atoms with van der Waals surface area (Å²) in [7, 11) is 0. The van der Waals surface area contributed by atoms with Crippen LogP contribution in [0.25, 0.3) is 11.3 Å². The molecule has 5 rings (SSSR count). The minimum atomic E-state index is -0.0161. The van der Waals surface area contributed by atoms with Crippen molar-refractivity contribution in [2.75, 3.05) is 29.4 Å². The van der Waals surface area contributed by atoms with Crippen molar-refractivity contribution in [3.63, 3.8) is 0 Å². The summed E-state index contributed by atoms with van der Waals surface area (Å²) < 4.78 is 0. The van der Waals surface area contributed by atoms with Gasteiger partial charge in [0.15, 0.2) is 5.82 Å². The van der Waals surface area contributed by atoms with Gasteiger partial charge in [0.25, 0.3) is 0 Å². The van der Waals surface area contributed by atoms with Crippen molar-refractivity contribution in [2.24, 2.45) is 5.92 Å². The standard InChI is InChI=1S/C25H25ClN4O/c26-21-11-9-18(10-12-21)22-13-14-24(28-27-22)29-15-3-7-20(17-29)25(31)30-16-4-6-19-5-1-2-8-23(19)30/h1-2,5,8-14,20H,3-4,6-7,15-17H2. The summed E-state index contributed by atoms with van der Waals surface area (Å²) in [6.45, 7) is 2.39. The molecule has 1 fully saturated rings. The van der Waals surface area contributed by atoms with Crippen LogP contribution >= 0.6 is 11.6 Å². The van der Waals surface area contributed by atoms with Crippen LogP contribution < -0.4 is 9.80 Å². The van der Waals surface area contributed by atoms with Gasteiger partial charge in [-0.25, -0.2) is 0 Å². The molecule has 0 aliphatic carbocycles. The van der Waals surface area contributed by atoms with Gasteiger partial charge in [0, 0.05) is 35.9 Å². The highest BCUT2D eigenvalue weighted by Crippen LogP contribution is 2.31. The molecule has 6 heteroatoms. The number of halogens is 1. The fraction of sp³-hybridized carbons (Fsp3) is 0.320. The maximum absolute atomic E-state index is 13.4. The van der Waals surface area contributed by atoms with Crippen LogP contribution in [0.1, 0.15) is 24.8 Å². The monoisotopic (exact) mass is 432 g/mol. The molecule has 3 aromatic rings. The SMILES string of the molecule is O=C(C1CCCN(c2ccc(-c3ccc(Cl)cc3)nn2)C1)N1CCCc2ccccc21. The number of para-hydroxylation sites is 1. The maximum Gasteiger partial charge on any atom is 0.231 e. The molecule has 2 aliphatic rings. The normalized spacial score (nSPS) is 18.5. The Morgan fingerprint density at radius 2 is 1.77 bits per heavy atom. The van der Waals surface area contributed by atoms with Gasteiger partial charge in [-0.15, -0.1) is 10.2 Å². The predicted octanol–water partition coefficient (Wildman–Crippen LogP) is 4.99. The van der Waals surface area contributed by atoms with E-state index in [1.807, 2.05) is 47.4 Å². The maximum atomic E-state index is 13.4. The van der Waals surface area contributed by atoms with Crippen molar-refractivity contribution in [1.82, 2.24) is 10.2 Å². The van der Waals surface area contributed by atoms with Crippen LogP contribution in [0, 0.1) is 5.92 Å². The summed E-state index contributed by atoms with van der Waals surface area (Å²) in [6.07, 6.45) is 3.97. The van der Waals surface area contributed by atoms with Crippen LogP contribution in [-0.4, -0.2) is 35.7 Å². The average molecular weight is 433 g/mol. The molecule has 31 heavy (non-hydrogen) atoms. The highest BCUT2D eigenvalue weighted by molar-refractivity contribution is 6.30. The quantitative estimate of drug-likeness (QED) is 0.584. The number of aromatic nitrogens is 2. The number of nitrogens with zero attached hydrogens (tertiary/aromatic N) is 4.